The van der Waals surface area contributed by atoms with Gasteiger partial charge in [0.25, 0.3) is 0 Å². The normalized spacial score (nSPS) is 22.5. The minimum Gasteiger partial charge on any atom is -0.369 e. The number of benzene rings is 1. The van der Waals surface area contributed by atoms with Gasteiger partial charge in [0.05, 0.1) is 0 Å². The van der Waals surface area contributed by atoms with Crippen molar-refractivity contribution in [3.63, 3.8) is 0 Å². The number of hydrogen-bond donors (Lipinski definition) is 1. The molecular formula is C15H24N2. The molecule has 2 heteroatoms. The fraction of sp³-hybridized carbons (Fsp3) is 0.600. The van der Waals surface area contributed by atoms with Crippen LogP contribution in [0.3, 0.4) is 0 Å². The van der Waals surface area contributed by atoms with Crippen molar-refractivity contribution in [2.75, 3.05) is 24.5 Å². The molecule has 0 bridgehead atoms. The van der Waals surface area contributed by atoms with Crippen molar-refractivity contribution in [3.05, 3.63) is 29.8 Å². The van der Waals surface area contributed by atoms with Crippen LogP contribution in [0.2, 0.25) is 0 Å². The van der Waals surface area contributed by atoms with E-state index in [0.717, 1.165) is 25.6 Å². The minimum absolute atomic E-state index is 0.634. The number of piperazine rings is 1. The van der Waals surface area contributed by atoms with Crippen molar-refractivity contribution in [1.82, 2.24) is 5.32 Å². The molecule has 94 valence electrons. The van der Waals surface area contributed by atoms with Gasteiger partial charge >= 0.3 is 0 Å². The van der Waals surface area contributed by atoms with E-state index in [0.29, 0.717) is 6.04 Å². The highest BCUT2D eigenvalue weighted by molar-refractivity contribution is 5.49. The summed E-state index contributed by atoms with van der Waals surface area (Å²) in [6.07, 6.45) is 1.25. The Hall–Kier alpha value is -1.02. The number of nitrogens with one attached hydrogen (secondary N) is 1. The molecule has 0 spiro atoms. The number of rotatable bonds is 3. The summed E-state index contributed by atoms with van der Waals surface area (Å²) in [5.41, 5.74) is 2.72. The van der Waals surface area contributed by atoms with E-state index in [2.05, 4.69) is 55.3 Å². The number of hydrogen-bond acceptors (Lipinski definition) is 2. The van der Waals surface area contributed by atoms with E-state index >= 15 is 0 Å². The van der Waals surface area contributed by atoms with Crippen LogP contribution >= 0.6 is 0 Å². The van der Waals surface area contributed by atoms with Crippen molar-refractivity contribution < 1.29 is 0 Å². The van der Waals surface area contributed by atoms with Crippen molar-refractivity contribution in [2.45, 2.75) is 33.2 Å². The van der Waals surface area contributed by atoms with Crippen LogP contribution in [0, 0.1) is 12.8 Å². The third-order valence-electron chi connectivity index (χ3n) is 3.90. The average Bonchev–Trinajstić information content (AvgIpc) is 2.38. The summed E-state index contributed by atoms with van der Waals surface area (Å²) in [5.74, 6) is 0.752. The predicted molar refractivity (Wildman–Crippen MR) is 74.6 cm³/mol. The second kappa shape index (κ2) is 5.54. The van der Waals surface area contributed by atoms with Gasteiger partial charge in [0.15, 0.2) is 0 Å². The molecule has 1 aromatic rings. The van der Waals surface area contributed by atoms with Crippen LogP contribution in [0.1, 0.15) is 25.8 Å². The Balaban J connectivity index is 2.07. The van der Waals surface area contributed by atoms with Crippen LogP contribution in [-0.2, 0) is 0 Å². The summed E-state index contributed by atoms with van der Waals surface area (Å²) in [7, 11) is 0. The lowest BCUT2D eigenvalue weighted by atomic mass is 9.97. The average molecular weight is 232 g/mol. The monoisotopic (exact) mass is 232 g/mol. The summed E-state index contributed by atoms with van der Waals surface area (Å²) in [4.78, 5) is 2.51. The maximum Gasteiger partial charge on any atom is 0.0369 e. The quantitative estimate of drug-likeness (QED) is 0.862. The van der Waals surface area contributed by atoms with Crippen LogP contribution in [0.5, 0.6) is 0 Å². The van der Waals surface area contributed by atoms with Gasteiger partial charge in [0.1, 0.15) is 0 Å². The molecule has 2 atom stereocenters. The maximum absolute atomic E-state index is 3.64. The zero-order valence-electron chi connectivity index (χ0n) is 11.2. The van der Waals surface area contributed by atoms with Crippen LogP contribution in [-0.4, -0.2) is 25.7 Å². The smallest absolute Gasteiger partial charge is 0.0369 e. The lowest BCUT2D eigenvalue weighted by molar-refractivity contribution is 0.342. The third-order valence-corrected chi connectivity index (χ3v) is 3.90. The molecule has 0 radical (unpaired) electrons. The SMILES string of the molecule is CCC(C)C1CN(c2cccc(C)c2)CCN1. The fourth-order valence-electron chi connectivity index (χ4n) is 2.50. The van der Waals surface area contributed by atoms with Crippen molar-refractivity contribution >= 4 is 5.69 Å². The highest BCUT2D eigenvalue weighted by Gasteiger charge is 2.23. The van der Waals surface area contributed by atoms with E-state index in [1.807, 2.05) is 0 Å². The molecule has 2 rings (SSSR count). The van der Waals surface area contributed by atoms with Gasteiger partial charge in [-0.1, -0.05) is 32.4 Å². The summed E-state index contributed by atoms with van der Waals surface area (Å²) < 4.78 is 0. The highest BCUT2D eigenvalue weighted by Crippen LogP contribution is 2.20. The Morgan fingerprint density at radius 3 is 3.00 bits per heavy atom. The van der Waals surface area contributed by atoms with Crippen LogP contribution in [0.4, 0.5) is 5.69 Å². The first-order chi connectivity index (χ1) is 8.20. The number of aryl methyl sites for hydroxylation is 1. The molecule has 1 N–H and O–H groups in total. The van der Waals surface area contributed by atoms with Gasteiger partial charge in [-0.2, -0.15) is 0 Å². The second-order valence-corrected chi connectivity index (χ2v) is 5.23. The predicted octanol–water partition coefficient (Wildman–Crippen LogP) is 2.82. The largest absolute Gasteiger partial charge is 0.369 e. The van der Waals surface area contributed by atoms with Gasteiger partial charge in [-0.05, 0) is 30.5 Å². The molecule has 1 fully saturated rings. The van der Waals surface area contributed by atoms with Crippen LogP contribution < -0.4 is 10.2 Å². The van der Waals surface area contributed by atoms with Crippen molar-refractivity contribution in [1.29, 1.82) is 0 Å². The third kappa shape index (κ3) is 3.01. The molecule has 0 saturated carbocycles. The Labute approximate surface area is 105 Å². The minimum atomic E-state index is 0.634. The first-order valence-corrected chi connectivity index (χ1v) is 6.75. The molecule has 0 aromatic heterocycles. The van der Waals surface area contributed by atoms with E-state index in [1.54, 1.807) is 0 Å². The first kappa shape index (κ1) is 12.4. The van der Waals surface area contributed by atoms with Gasteiger partial charge in [-0.15, -0.1) is 0 Å². The van der Waals surface area contributed by atoms with E-state index in [9.17, 15) is 0 Å². The molecule has 1 aliphatic rings. The summed E-state index contributed by atoms with van der Waals surface area (Å²) in [5, 5.41) is 3.64. The summed E-state index contributed by atoms with van der Waals surface area (Å²) >= 11 is 0. The summed E-state index contributed by atoms with van der Waals surface area (Å²) in [6.45, 7) is 10.1. The highest BCUT2D eigenvalue weighted by atomic mass is 15.2. The number of nitrogens with zero attached hydrogens (tertiary/aromatic N) is 1. The second-order valence-electron chi connectivity index (χ2n) is 5.23. The Bertz CT molecular complexity index is 362. The molecule has 2 nitrogen and oxygen atoms in total. The van der Waals surface area contributed by atoms with Crippen molar-refractivity contribution in [2.24, 2.45) is 5.92 Å². The Kier molecular flexibility index (Phi) is 4.06. The van der Waals surface area contributed by atoms with E-state index in [4.69, 9.17) is 0 Å². The summed E-state index contributed by atoms with van der Waals surface area (Å²) in [6, 6.07) is 9.47. The lowest BCUT2D eigenvalue weighted by Crippen LogP contribution is -2.53. The van der Waals surface area contributed by atoms with Gasteiger partial charge < -0.3 is 10.2 Å². The molecule has 17 heavy (non-hydrogen) atoms. The molecular weight excluding hydrogens is 208 g/mol. The maximum atomic E-state index is 3.64. The van der Waals surface area contributed by atoms with Crippen LogP contribution in [0.25, 0.3) is 0 Å². The van der Waals surface area contributed by atoms with Gasteiger partial charge in [0.2, 0.25) is 0 Å². The van der Waals surface area contributed by atoms with E-state index in [-0.39, 0.29) is 0 Å². The zero-order chi connectivity index (χ0) is 12.3. The van der Waals surface area contributed by atoms with Crippen molar-refractivity contribution in [3.8, 4) is 0 Å². The Morgan fingerprint density at radius 1 is 1.47 bits per heavy atom. The van der Waals surface area contributed by atoms with Gasteiger partial charge in [-0.3, -0.25) is 0 Å². The Morgan fingerprint density at radius 2 is 2.29 bits per heavy atom. The fourth-order valence-corrected chi connectivity index (χ4v) is 2.50. The van der Waals surface area contributed by atoms with Gasteiger partial charge in [-0.25, -0.2) is 0 Å². The van der Waals surface area contributed by atoms with E-state index in [1.165, 1.54) is 17.7 Å². The molecule has 0 amide bonds. The molecule has 1 heterocycles. The van der Waals surface area contributed by atoms with E-state index < -0.39 is 0 Å². The lowest BCUT2D eigenvalue weighted by Gasteiger charge is -2.38. The molecule has 1 saturated heterocycles. The van der Waals surface area contributed by atoms with Gasteiger partial charge in [0, 0.05) is 31.4 Å². The zero-order valence-corrected chi connectivity index (χ0v) is 11.2. The standard InChI is InChI=1S/C15H24N2/c1-4-13(3)15-11-17(9-8-16-15)14-7-5-6-12(2)10-14/h5-7,10,13,15-16H,4,8-9,11H2,1-3H3. The molecule has 0 aliphatic carbocycles. The number of anilines is 1. The first-order valence-electron chi connectivity index (χ1n) is 6.75. The van der Waals surface area contributed by atoms with Crippen LogP contribution in [0.15, 0.2) is 24.3 Å². The topological polar surface area (TPSA) is 15.3 Å². The molecule has 2 unspecified atom stereocenters. The molecule has 1 aromatic carbocycles. The molecule has 1 aliphatic heterocycles.